The predicted octanol–water partition coefficient (Wildman–Crippen LogP) is 0.905. The average Bonchev–Trinajstić information content (AvgIpc) is 2.29. The maximum Gasteiger partial charge on any atom is 0.254 e. The number of nitrogens with zero attached hydrogens (tertiary/aromatic N) is 1. The molecule has 17 heavy (non-hydrogen) atoms. The van der Waals surface area contributed by atoms with Crippen molar-refractivity contribution in [3.8, 4) is 5.75 Å². The van der Waals surface area contributed by atoms with Gasteiger partial charge in [-0.3, -0.25) is 9.00 Å². The van der Waals surface area contributed by atoms with Crippen LogP contribution in [0.4, 0.5) is 0 Å². The molecule has 1 saturated heterocycles. The Kier molecular flexibility index (Phi) is 3.47. The van der Waals surface area contributed by atoms with Crippen LogP contribution in [0.25, 0.3) is 0 Å². The third-order valence-electron chi connectivity index (χ3n) is 2.91. The van der Waals surface area contributed by atoms with E-state index in [-0.39, 0.29) is 11.7 Å². The van der Waals surface area contributed by atoms with Gasteiger partial charge < -0.3 is 10.0 Å². The fourth-order valence-electron chi connectivity index (χ4n) is 1.90. The molecule has 1 fully saturated rings. The quantitative estimate of drug-likeness (QED) is 0.809. The van der Waals surface area contributed by atoms with Gasteiger partial charge in [0.25, 0.3) is 5.91 Å². The molecule has 0 radical (unpaired) electrons. The molecule has 1 amide bonds. The molecule has 2 rings (SSSR count). The molecule has 0 aliphatic carbocycles. The van der Waals surface area contributed by atoms with Gasteiger partial charge >= 0.3 is 0 Å². The van der Waals surface area contributed by atoms with Crippen molar-refractivity contribution >= 4 is 16.7 Å². The van der Waals surface area contributed by atoms with Crippen molar-refractivity contribution in [2.45, 2.75) is 6.92 Å². The number of phenolic OH excluding ortho intramolecular Hbond substituents is 1. The van der Waals surface area contributed by atoms with Gasteiger partial charge in [-0.25, -0.2) is 0 Å². The predicted molar refractivity (Wildman–Crippen MR) is 66.6 cm³/mol. The molecule has 1 aliphatic rings. The highest BCUT2D eigenvalue weighted by Crippen LogP contribution is 2.18. The third-order valence-corrected chi connectivity index (χ3v) is 4.18. The van der Waals surface area contributed by atoms with Crippen LogP contribution in [0.3, 0.4) is 0 Å². The summed E-state index contributed by atoms with van der Waals surface area (Å²) in [5.74, 6) is 1.24. The molecule has 1 aromatic carbocycles. The summed E-state index contributed by atoms with van der Waals surface area (Å²) in [6.07, 6.45) is 0. The number of carbonyl (C=O) groups excluding carboxylic acids is 1. The molecule has 1 heterocycles. The van der Waals surface area contributed by atoms with Crippen LogP contribution < -0.4 is 0 Å². The van der Waals surface area contributed by atoms with E-state index in [0.717, 1.165) is 5.56 Å². The summed E-state index contributed by atoms with van der Waals surface area (Å²) < 4.78 is 11.2. The second-order valence-electron chi connectivity index (χ2n) is 4.14. The van der Waals surface area contributed by atoms with E-state index in [4.69, 9.17) is 0 Å². The average molecular weight is 253 g/mol. The van der Waals surface area contributed by atoms with Crippen LogP contribution in [0.2, 0.25) is 0 Å². The van der Waals surface area contributed by atoms with Crippen LogP contribution in [0, 0.1) is 6.92 Å². The van der Waals surface area contributed by atoms with Gasteiger partial charge in [-0.1, -0.05) is 0 Å². The molecule has 5 heteroatoms. The minimum absolute atomic E-state index is 0.0424. The lowest BCUT2D eigenvalue weighted by molar-refractivity contribution is 0.0770. The molecule has 92 valence electrons. The summed E-state index contributed by atoms with van der Waals surface area (Å²) in [6, 6.07) is 4.73. The first-order valence-corrected chi connectivity index (χ1v) is 7.00. The minimum atomic E-state index is -0.777. The van der Waals surface area contributed by atoms with Gasteiger partial charge in [0.15, 0.2) is 0 Å². The number of hydrogen-bond acceptors (Lipinski definition) is 3. The molecule has 1 aliphatic heterocycles. The Morgan fingerprint density at radius 2 is 2.00 bits per heavy atom. The number of hydrogen-bond donors (Lipinski definition) is 1. The fraction of sp³-hybridized carbons (Fsp3) is 0.417. The van der Waals surface area contributed by atoms with E-state index in [9.17, 15) is 14.1 Å². The first-order chi connectivity index (χ1) is 8.08. The second kappa shape index (κ2) is 4.87. The molecule has 4 nitrogen and oxygen atoms in total. The molecule has 1 aromatic rings. The zero-order valence-corrected chi connectivity index (χ0v) is 10.5. The maximum atomic E-state index is 12.2. The number of aromatic hydroxyl groups is 1. The van der Waals surface area contributed by atoms with E-state index >= 15 is 0 Å². The third kappa shape index (κ3) is 2.66. The lowest BCUT2D eigenvalue weighted by Crippen LogP contribution is -2.42. The summed E-state index contributed by atoms with van der Waals surface area (Å²) in [5.41, 5.74) is 1.37. The molecule has 0 bridgehead atoms. The topological polar surface area (TPSA) is 57.6 Å². The van der Waals surface area contributed by atoms with Crippen LogP contribution in [0.5, 0.6) is 5.75 Å². The molecule has 0 saturated carbocycles. The van der Waals surface area contributed by atoms with Crippen molar-refractivity contribution in [3.63, 3.8) is 0 Å². The largest absolute Gasteiger partial charge is 0.508 e. The highest BCUT2D eigenvalue weighted by atomic mass is 32.2. The molecular formula is C12H15NO3S. The van der Waals surface area contributed by atoms with Crippen molar-refractivity contribution in [2.24, 2.45) is 0 Å². The van der Waals surface area contributed by atoms with E-state index in [1.54, 1.807) is 24.0 Å². The van der Waals surface area contributed by atoms with Crippen LogP contribution in [-0.2, 0) is 10.8 Å². The molecular weight excluding hydrogens is 238 g/mol. The fourth-order valence-corrected chi connectivity index (χ4v) is 2.95. The van der Waals surface area contributed by atoms with Gasteiger partial charge in [0.1, 0.15) is 5.75 Å². The maximum absolute atomic E-state index is 12.2. The highest BCUT2D eigenvalue weighted by molar-refractivity contribution is 7.85. The first-order valence-electron chi connectivity index (χ1n) is 5.52. The van der Waals surface area contributed by atoms with Gasteiger partial charge in [-0.05, 0) is 30.7 Å². The van der Waals surface area contributed by atoms with Crippen LogP contribution in [0.15, 0.2) is 18.2 Å². The summed E-state index contributed by atoms with van der Waals surface area (Å²) in [5, 5.41) is 9.30. The summed E-state index contributed by atoms with van der Waals surface area (Å²) in [6.45, 7) is 2.90. The van der Waals surface area contributed by atoms with Crippen molar-refractivity contribution in [2.75, 3.05) is 24.6 Å². The van der Waals surface area contributed by atoms with E-state index in [1.165, 1.54) is 6.07 Å². The Morgan fingerprint density at radius 1 is 1.35 bits per heavy atom. The van der Waals surface area contributed by atoms with Crippen molar-refractivity contribution in [1.29, 1.82) is 0 Å². The summed E-state index contributed by atoms with van der Waals surface area (Å²) in [7, 11) is -0.777. The Hall–Kier alpha value is -1.36. The second-order valence-corrected chi connectivity index (χ2v) is 5.84. The van der Waals surface area contributed by atoms with E-state index in [1.807, 2.05) is 0 Å². The number of phenols is 1. The van der Waals surface area contributed by atoms with Crippen molar-refractivity contribution in [1.82, 2.24) is 4.90 Å². The standard InChI is InChI=1S/C12H15NO3S/c1-9-8-10(14)2-3-11(9)12(15)13-4-6-17(16)7-5-13/h2-3,8,14H,4-7H2,1H3. The van der Waals surface area contributed by atoms with E-state index in [0.29, 0.717) is 30.2 Å². The summed E-state index contributed by atoms with van der Waals surface area (Å²) >= 11 is 0. The van der Waals surface area contributed by atoms with Gasteiger partial charge in [-0.2, -0.15) is 0 Å². The summed E-state index contributed by atoms with van der Waals surface area (Å²) in [4.78, 5) is 13.9. The number of benzene rings is 1. The van der Waals surface area contributed by atoms with Gasteiger partial charge in [0, 0.05) is 41.0 Å². The highest BCUT2D eigenvalue weighted by Gasteiger charge is 2.22. The molecule has 0 spiro atoms. The Labute approximate surface area is 103 Å². The smallest absolute Gasteiger partial charge is 0.254 e. The van der Waals surface area contributed by atoms with Gasteiger partial charge in [0.05, 0.1) is 0 Å². The van der Waals surface area contributed by atoms with Crippen LogP contribution >= 0.6 is 0 Å². The lowest BCUT2D eigenvalue weighted by Gasteiger charge is -2.26. The number of carbonyl (C=O) groups is 1. The normalized spacial score (nSPS) is 17.1. The van der Waals surface area contributed by atoms with Crippen LogP contribution in [-0.4, -0.2) is 44.7 Å². The van der Waals surface area contributed by atoms with E-state index < -0.39 is 10.8 Å². The Bertz CT molecular complexity index is 463. The molecule has 0 aromatic heterocycles. The zero-order valence-electron chi connectivity index (χ0n) is 9.68. The van der Waals surface area contributed by atoms with Crippen molar-refractivity contribution < 1.29 is 14.1 Å². The molecule has 1 N–H and O–H groups in total. The number of rotatable bonds is 1. The monoisotopic (exact) mass is 253 g/mol. The molecule has 0 unspecified atom stereocenters. The van der Waals surface area contributed by atoms with E-state index in [2.05, 4.69) is 0 Å². The van der Waals surface area contributed by atoms with Gasteiger partial charge in [-0.15, -0.1) is 0 Å². The van der Waals surface area contributed by atoms with Crippen LogP contribution in [0.1, 0.15) is 15.9 Å². The minimum Gasteiger partial charge on any atom is -0.508 e. The number of amides is 1. The van der Waals surface area contributed by atoms with Gasteiger partial charge in [0.2, 0.25) is 0 Å². The SMILES string of the molecule is Cc1cc(O)ccc1C(=O)N1CCS(=O)CC1. The number of aryl methyl sites for hydroxylation is 1. The Morgan fingerprint density at radius 3 is 2.59 bits per heavy atom. The first kappa shape index (κ1) is 12.1. The van der Waals surface area contributed by atoms with Crippen molar-refractivity contribution in [3.05, 3.63) is 29.3 Å². The molecule has 0 atom stereocenters. The Balaban J connectivity index is 2.16. The zero-order chi connectivity index (χ0) is 12.4. The lowest BCUT2D eigenvalue weighted by atomic mass is 10.1.